The van der Waals surface area contributed by atoms with E-state index in [1.165, 1.54) is 0 Å². The molecule has 0 aliphatic carbocycles. The predicted molar refractivity (Wildman–Crippen MR) is 48.2 cm³/mol. The highest BCUT2D eigenvalue weighted by molar-refractivity contribution is 6.30. The van der Waals surface area contributed by atoms with Gasteiger partial charge in [-0.15, -0.1) is 0 Å². The van der Waals surface area contributed by atoms with E-state index < -0.39 is 0 Å². The van der Waals surface area contributed by atoms with E-state index in [1.54, 1.807) is 13.2 Å². The lowest BCUT2D eigenvalue weighted by molar-refractivity contribution is 0.415. The molecule has 0 amide bonds. The van der Waals surface area contributed by atoms with E-state index in [4.69, 9.17) is 26.4 Å². The van der Waals surface area contributed by atoms with Crippen molar-refractivity contribution in [2.24, 2.45) is 0 Å². The van der Waals surface area contributed by atoms with Crippen molar-refractivity contribution < 1.29 is 14.8 Å². The Labute approximate surface area is 76.9 Å². The van der Waals surface area contributed by atoms with Crippen LogP contribution in [0.5, 0.6) is 5.75 Å². The van der Waals surface area contributed by atoms with Gasteiger partial charge in [-0.3, -0.25) is 0 Å². The second-order valence-corrected chi connectivity index (χ2v) is 2.21. The molecular weight excluding hydrogens is 178 g/mol. The van der Waals surface area contributed by atoms with Crippen LogP contribution in [0, 0.1) is 0 Å². The fourth-order valence-electron chi connectivity index (χ4n) is 0.594. The largest absolute Gasteiger partial charge is 0.497 e. The van der Waals surface area contributed by atoms with Gasteiger partial charge in [0.2, 0.25) is 0 Å². The van der Waals surface area contributed by atoms with Crippen LogP contribution in [-0.4, -0.2) is 24.8 Å². The summed E-state index contributed by atoms with van der Waals surface area (Å²) in [4.78, 5) is 0. The molecule has 1 aromatic rings. The van der Waals surface area contributed by atoms with E-state index in [0.29, 0.717) is 5.02 Å². The van der Waals surface area contributed by atoms with Crippen LogP contribution in [0.3, 0.4) is 0 Å². The van der Waals surface area contributed by atoms with E-state index in [0.717, 1.165) is 5.75 Å². The molecule has 0 aromatic heterocycles. The summed E-state index contributed by atoms with van der Waals surface area (Å²) in [7, 11) is 1.62. The van der Waals surface area contributed by atoms with Crippen LogP contribution in [0.4, 0.5) is 0 Å². The maximum absolute atomic E-state index is 7.00. The zero-order valence-electron chi connectivity index (χ0n) is 6.57. The van der Waals surface area contributed by atoms with Gasteiger partial charge < -0.3 is 14.8 Å². The topological polar surface area (TPSA) is 49.7 Å². The molecule has 3 nitrogen and oxygen atoms in total. The summed E-state index contributed by atoms with van der Waals surface area (Å²) in [5.41, 5.74) is 0. The molecule has 1 radical (unpaired) electrons. The monoisotopic (exact) mass is 187 g/mol. The van der Waals surface area contributed by atoms with E-state index in [-0.39, 0.29) is 7.69 Å². The first-order chi connectivity index (χ1) is 5.74. The third-order valence-corrected chi connectivity index (χ3v) is 1.27. The number of benzene rings is 1. The molecule has 0 aliphatic rings. The Morgan fingerprint density at radius 1 is 1.42 bits per heavy atom. The average Bonchev–Trinajstić information content (AvgIpc) is 2.06. The number of methoxy groups -OCH3 is 1. The SMILES string of the molecule is COc1cccc(Cl)c1.O[B]O. The fraction of sp³-hybridized carbons (Fsp3) is 0.143. The van der Waals surface area contributed by atoms with Crippen LogP contribution < -0.4 is 4.74 Å². The lowest BCUT2D eigenvalue weighted by atomic mass is 10.3. The third-order valence-electron chi connectivity index (χ3n) is 1.03. The van der Waals surface area contributed by atoms with Crippen molar-refractivity contribution in [1.82, 2.24) is 0 Å². The van der Waals surface area contributed by atoms with Crippen molar-refractivity contribution in [2.75, 3.05) is 7.11 Å². The second kappa shape index (κ2) is 6.97. The summed E-state index contributed by atoms with van der Waals surface area (Å²) in [6, 6.07) is 7.28. The van der Waals surface area contributed by atoms with Crippen LogP contribution in [0.25, 0.3) is 0 Å². The smallest absolute Gasteiger partial charge is 0.482 e. The zero-order chi connectivity index (χ0) is 9.40. The molecule has 0 aliphatic heterocycles. The van der Waals surface area contributed by atoms with Gasteiger partial charge >= 0.3 is 7.69 Å². The Hall–Kier alpha value is -0.705. The maximum atomic E-state index is 7.00. The summed E-state index contributed by atoms with van der Waals surface area (Å²) in [6.07, 6.45) is 0. The summed E-state index contributed by atoms with van der Waals surface area (Å²) in [5, 5.41) is 14.7. The minimum absolute atomic E-state index is 0. The van der Waals surface area contributed by atoms with Gasteiger partial charge in [0, 0.05) is 5.02 Å². The van der Waals surface area contributed by atoms with Crippen molar-refractivity contribution >= 4 is 19.3 Å². The van der Waals surface area contributed by atoms with Gasteiger partial charge in [0.15, 0.2) is 0 Å². The molecule has 5 heteroatoms. The van der Waals surface area contributed by atoms with Crippen molar-refractivity contribution in [1.29, 1.82) is 0 Å². The van der Waals surface area contributed by atoms with Gasteiger partial charge in [-0.05, 0) is 18.2 Å². The van der Waals surface area contributed by atoms with E-state index in [9.17, 15) is 0 Å². The molecule has 1 rings (SSSR count). The highest BCUT2D eigenvalue weighted by Gasteiger charge is 1.88. The van der Waals surface area contributed by atoms with Gasteiger partial charge in [0.25, 0.3) is 0 Å². The molecule has 0 heterocycles. The minimum atomic E-state index is 0. The molecule has 0 fully saturated rings. The van der Waals surface area contributed by atoms with Crippen molar-refractivity contribution in [3.05, 3.63) is 29.3 Å². The Morgan fingerprint density at radius 3 is 2.33 bits per heavy atom. The molecule has 0 unspecified atom stereocenters. The molecule has 0 atom stereocenters. The summed E-state index contributed by atoms with van der Waals surface area (Å²) in [6.45, 7) is 0. The molecular formula is C7H9BClO3. The Morgan fingerprint density at radius 2 is 2.00 bits per heavy atom. The van der Waals surface area contributed by atoms with Crippen LogP contribution >= 0.6 is 11.6 Å². The third kappa shape index (κ3) is 5.01. The van der Waals surface area contributed by atoms with Gasteiger partial charge in [0.1, 0.15) is 5.75 Å². The van der Waals surface area contributed by atoms with E-state index in [1.807, 2.05) is 18.2 Å². The van der Waals surface area contributed by atoms with Crippen molar-refractivity contribution in [3.63, 3.8) is 0 Å². The highest BCUT2D eigenvalue weighted by Crippen LogP contribution is 2.15. The lowest BCUT2D eigenvalue weighted by Gasteiger charge is -1.96. The normalized spacial score (nSPS) is 8.00. The standard InChI is InChI=1S/C7H7ClO.BH2O2/c1-9-7-4-2-3-6(8)5-7;2-1-3/h2-5H,1H3;2-3H. The van der Waals surface area contributed by atoms with Gasteiger partial charge in [-0.1, -0.05) is 17.7 Å². The molecule has 2 N–H and O–H groups in total. The number of hydrogen-bond acceptors (Lipinski definition) is 3. The van der Waals surface area contributed by atoms with Gasteiger partial charge in [-0.25, -0.2) is 0 Å². The molecule has 0 spiro atoms. The van der Waals surface area contributed by atoms with Crippen LogP contribution in [0.2, 0.25) is 5.02 Å². The minimum Gasteiger partial charge on any atom is -0.497 e. The predicted octanol–water partition coefficient (Wildman–Crippen LogP) is 0.854. The molecule has 65 valence electrons. The maximum Gasteiger partial charge on any atom is 0.482 e. The summed E-state index contributed by atoms with van der Waals surface area (Å²) < 4.78 is 4.91. The van der Waals surface area contributed by atoms with Crippen LogP contribution in [0.1, 0.15) is 0 Å². The number of halogens is 1. The summed E-state index contributed by atoms with van der Waals surface area (Å²) >= 11 is 5.64. The first-order valence-electron chi connectivity index (χ1n) is 3.14. The molecule has 1 aromatic carbocycles. The molecule has 0 bridgehead atoms. The second-order valence-electron chi connectivity index (χ2n) is 1.78. The van der Waals surface area contributed by atoms with Crippen LogP contribution in [-0.2, 0) is 0 Å². The molecule has 12 heavy (non-hydrogen) atoms. The quantitative estimate of drug-likeness (QED) is 0.641. The summed E-state index contributed by atoms with van der Waals surface area (Å²) in [5.74, 6) is 0.794. The van der Waals surface area contributed by atoms with Crippen molar-refractivity contribution in [3.8, 4) is 5.75 Å². The van der Waals surface area contributed by atoms with Crippen molar-refractivity contribution in [2.45, 2.75) is 0 Å². The van der Waals surface area contributed by atoms with Gasteiger partial charge in [0.05, 0.1) is 7.11 Å². The molecule has 0 saturated carbocycles. The number of rotatable bonds is 1. The molecule has 0 saturated heterocycles. The average molecular weight is 187 g/mol. The van der Waals surface area contributed by atoms with Gasteiger partial charge in [-0.2, -0.15) is 0 Å². The highest BCUT2D eigenvalue weighted by atomic mass is 35.5. The number of ether oxygens (including phenoxy) is 1. The Kier molecular flexibility index (Phi) is 6.56. The fourth-order valence-corrected chi connectivity index (χ4v) is 0.774. The lowest BCUT2D eigenvalue weighted by Crippen LogP contribution is -1.79. The van der Waals surface area contributed by atoms with E-state index >= 15 is 0 Å². The Balaban J connectivity index is 0.000000354. The van der Waals surface area contributed by atoms with E-state index in [2.05, 4.69) is 0 Å². The van der Waals surface area contributed by atoms with Crippen LogP contribution in [0.15, 0.2) is 24.3 Å². The first kappa shape index (κ1) is 11.3. The Bertz CT molecular complexity index is 220. The number of hydrogen-bond donors (Lipinski definition) is 2. The zero-order valence-corrected chi connectivity index (χ0v) is 7.32. The first-order valence-corrected chi connectivity index (χ1v) is 3.52.